The Kier molecular flexibility index (Phi) is 6.47. The molecule has 2 aromatic rings. The summed E-state index contributed by atoms with van der Waals surface area (Å²) in [5, 5.41) is 12.9. The highest BCUT2D eigenvalue weighted by atomic mass is 35.5. The summed E-state index contributed by atoms with van der Waals surface area (Å²) < 4.78 is 11.1. The first-order valence-corrected chi connectivity index (χ1v) is 10.3. The van der Waals surface area contributed by atoms with Crippen LogP contribution < -0.4 is 15.0 Å². The number of aromatic nitrogens is 1. The molecule has 8 nitrogen and oxygen atoms in total. The van der Waals surface area contributed by atoms with Gasteiger partial charge < -0.3 is 24.8 Å². The average molecular weight is 459 g/mol. The molecular weight excluding hydrogens is 440 g/mol. The number of hydrogen-bond donors (Lipinski definition) is 2. The zero-order chi connectivity index (χ0) is 21.8. The van der Waals surface area contributed by atoms with Gasteiger partial charge in [0.1, 0.15) is 11.5 Å². The summed E-state index contributed by atoms with van der Waals surface area (Å²) in [6.07, 6.45) is 4.90. The van der Waals surface area contributed by atoms with E-state index in [0.29, 0.717) is 39.8 Å². The maximum Gasteiger partial charge on any atom is 0.282 e. The first kappa shape index (κ1) is 21.3. The number of hydrogen-bond acceptors (Lipinski definition) is 7. The molecule has 0 aliphatic carbocycles. The lowest BCUT2D eigenvalue weighted by atomic mass is 10.3. The van der Waals surface area contributed by atoms with E-state index in [1.165, 1.54) is 4.90 Å². The first-order chi connectivity index (χ1) is 15.1. The smallest absolute Gasteiger partial charge is 0.282 e. The quantitative estimate of drug-likeness (QED) is 0.372. The maximum absolute atomic E-state index is 13.2. The van der Waals surface area contributed by atoms with Crippen LogP contribution in [0.15, 0.2) is 66.3 Å². The molecule has 31 heavy (non-hydrogen) atoms. The Hall–Kier alpha value is -2.98. The van der Waals surface area contributed by atoms with E-state index in [-0.39, 0.29) is 25.7 Å². The largest absolute Gasteiger partial charge is 0.439 e. The Balaban J connectivity index is 1.59. The minimum atomic E-state index is -0.304. The van der Waals surface area contributed by atoms with Crippen LogP contribution in [0, 0.1) is 0 Å². The SMILES string of the molecule is O=C1C(=CC=C2Nc3cc(Cl)ccc3O2)N(CCOCCO)C(=S)N1c1ccccn1. The molecule has 0 saturated carbocycles. The molecule has 10 heteroatoms. The number of ether oxygens (including phenoxy) is 2. The molecule has 1 fully saturated rings. The monoisotopic (exact) mass is 458 g/mol. The van der Waals surface area contributed by atoms with Crippen molar-refractivity contribution in [3.05, 3.63) is 71.3 Å². The highest BCUT2D eigenvalue weighted by Crippen LogP contribution is 2.35. The Labute approximate surface area is 189 Å². The zero-order valence-corrected chi connectivity index (χ0v) is 17.9. The second-order valence-corrected chi connectivity index (χ2v) is 7.35. The minimum absolute atomic E-state index is 0.0776. The first-order valence-electron chi connectivity index (χ1n) is 9.50. The number of aliphatic hydroxyl groups excluding tert-OH is 1. The van der Waals surface area contributed by atoms with Crippen LogP contribution >= 0.6 is 23.8 Å². The van der Waals surface area contributed by atoms with Crippen LogP contribution in [-0.4, -0.2) is 52.4 Å². The molecule has 0 bridgehead atoms. The van der Waals surface area contributed by atoms with Gasteiger partial charge in [-0.25, -0.2) is 9.88 Å². The van der Waals surface area contributed by atoms with Gasteiger partial charge >= 0.3 is 0 Å². The van der Waals surface area contributed by atoms with Crippen molar-refractivity contribution in [1.82, 2.24) is 9.88 Å². The van der Waals surface area contributed by atoms with Gasteiger partial charge in [-0.2, -0.15) is 0 Å². The van der Waals surface area contributed by atoms with Crippen LogP contribution in [-0.2, 0) is 9.53 Å². The highest BCUT2D eigenvalue weighted by Gasteiger charge is 2.39. The number of amides is 1. The number of benzene rings is 1. The minimum Gasteiger partial charge on any atom is -0.439 e. The number of thiocarbonyl (C=S) groups is 1. The van der Waals surface area contributed by atoms with Crippen LogP contribution in [0.2, 0.25) is 5.02 Å². The van der Waals surface area contributed by atoms with Gasteiger partial charge in [-0.3, -0.25) is 4.79 Å². The van der Waals surface area contributed by atoms with E-state index in [9.17, 15) is 4.79 Å². The molecule has 1 aromatic heterocycles. The fourth-order valence-electron chi connectivity index (χ4n) is 3.12. The summed E-state index contributed by atoms with van der Waals surface area (Å²) in [4.78, 5) is 20.5. The number of anilines is 2. The number of aliphatic hydroxyl groups is 1. The van der Waals surface area contributed by atoms with Gasteiger partial charge in [-0.15, -0.1) is 0 Å². The van der Waals surface area contributed by atoms with Crippen LogP contribution in [0.5, 0.6) is 5.75 Å². The number of nitrogens with one attached hydrogen (secondary N) is 1. The van der Waals surface area contributed by atoms with E-state index >= 15 is 0 Å². The summed E-state index contributed by atoms with van der Waals surface area (Å²) in [7, 11) is 0. The second kappa shape index (κ2) is 9.44. The van der Waals surface area contributed by atoms with E-state index in [1.807, 2.05) is 0 Å². The van der Waals surface area contributed by atoms with Crippen molar-refractivity contribution in [2.45, 2.75) is 0 Å². The van der Waals surface area contributed by atoms with Crippen LogP contribution in [0.3, 0.4) is 0 Å². The molecule has 2 N–H and O–H groups in total. The maximum atomic E-state index is 13.2. The van der Waals surface area contributed by atoms with Gasteiger partial charge in [-0.05, 0) is 48.6 Å². The van der Waals surface area contributed by atoms with Gasteiger partial charge in [-0.1, -0.05) is 17.7 Å². The van der Waals surface area contributed by atoms with E-state index in [1.54, 1.807) is 59.6 Å². The fraction of sp³-hybridized carbons (Fsp3) is 0.190. The van der Waals surface area contributed by atoms with Crippen molar-refractivity contribution in [1.29, 1.82) is 0 Å². The van der Waals surface area contributed by atoms with Crippen molar-refractivity contribution in [2.75, 3.05) is 36.6 Å². The molecule has 2 aliphatic heterocycles. The molecule has 0 radical (unpaired) electrons. The molecule has 2 aliphatic rings. The Bertz CT molecular complexity index is 1060. The summed E-state index contributed by atoms with van der Waals surface area (Å²) in [5.74, 6) is 1.23. The summed E-state index contributed by atoms with van der Waals surface area (Å²) >= 11 is 11.6. The van der Waals surface area contributed by atoms with Crippen molar-refractivity contribution in [2.24, 2.45) is 0 Å². The lowest BCUT2D eigenvalue weighted by Gasteiger charge is -2.19. The summed E-state index contributed by atoms with van der Waals surface area (Å²) in [5.41, 5.74) is 1.10. The van der Waals surface area contributed by atoms with Crippen molar-refractivity contribution < 1.29 is 19.4 Å². The van der Waals surface area contributed by atoms with Crippen molar-refractivity contribution in [3.63, 3.8) is 0 Å². The number of allylic oxidation sites excluding steroid dienone is 2. The number of carbonyl (C=O) groups is 1. The zero-order valence-electron chi connectivity index (χ0n) is 16.3. The molecule has 4 rings (SSSR count). The number of nitrogens with zero attached hydrogens (tertiary/aromatic N) is 3. The topological polar surface area (TPSA) is 87.2 Å². The molecule has 0 atom stereocenters. The van der Waals surface area contributed by atoms with Gasteiger partial charge in [0.2, 0.25) is 0 Å². The Morgan fingerprint density at radius 1 is 1.26 bits per heavy atom. The fourth-order valence-corrected chi connectivity index (χ4v) is 3.66. The number of carbonyl (C=O) groups excluding carboxylic acids is 1. The number of fused-ring (bicyclic) bond motifs is 1. The van der Waals surface area contributed by atoms with Crippen molar-refractivity contribution in [3.8, 4) is 5.75 Å². The summed E-state index contributed by atoms with van der Waals surface area (Å²) in [6, 6.07) is 10.5. The molecule has 1 amide bonds. The van der Waals surface area contributed by atoms with E-state index < -0.39 is 0 Å². The predicted octanol–water partition coefficient (Wildman–Crippen LogP) is 2.91. The third-order valence-electron chi connectivity index (χ3n) is 4.52. The Morgan fingerprint density at radius 3 is 2.90 bits per heavy atom. The third-order valence-corrected chi connectivity index (χ3v) is 5.16. The molecular formula is C21H19ClN4O4S. The molecule has 3 heterocycles. The predicted molar refractivity (Wildman–Crippen MR) is 121 cm³/mol. The van der Waals surface area contributed by atoms with Crippen LogP contribution in [0.4, 0.5) is 11.5 Å². The second-order valence-electron chi connectivity index (χ2n) is 6.55. The molecule has 0 spiro atoms. The summed E-state index contributed by atoms with van der Waals surface area (Å²) in [6.45, 7) is 0.760. The van der Waals surface area contributed by atoms with E-state index in [4.69, 9.17) is 38.4 Å². The van der Waals surface area contributed by atoms with Gasteiger partial charge in [0.05, 0.1) is 25.5 Å². The van der Waals surface area contributed by atoms with E-state index in [0.717, 1.165) is 5.69 Å². The van der Waals surface area contributed by atoms with E-state index in [2.05, 4.69) is 10.3 Å². The average Bonchev–Trinajstić information content (AvgIpc) is 3.27. The lowest BCUT2D eigenvalue weighted by molar-refractivity contribution is -0.114. The van der Waals surface area contributed by atoms with Gasteiger partial charge in [0.25, 0.3) is 5.91 Å². The van der Waals surface area contributed by atoms with Gasteiger partial charge in [0.15, 0.2) is 16.7 Å². The van der Waals surface area contributed by atoms with Crippen molar-refractivity contribution >= 4 is 46.3 Å². The molecule has 0 unspecified atom stereocenters. The highest BCUT2D eigenvalue weighted by molar-refractivity contribution is 7.80. The number of halogens is 1. The van der Waals surface area contributed by atoms with Crippen LogP contribution in [0.1, 0.15) is 0 Å². The van der Waals surface area contributed by atoms with Gasteiger partial charge in [0, 0.05) is 23.8 Å². The Morgan fingerprint density at radius 2 is 2.13 bits per heavy atom. The standard InChI is InChI=1S/C21H19ClN4O4S/c22-14-4-6-17-15(13-14)24-19(30-17)7-5-16-20(28)26(18-3-1-2-8-23-18)21(31)25(16)9-11-29-12-10-27/h1-8,13,24,27H,9-12H2. The third kappa shape index (κ3) is 4.54. The van der Waals surface area contributed by atoms with Crippen LogP contribution in [0.25, 0.3) is 0 Å². The molecule has 1 aromatic carbocycles. The normalized spacial score (nSPS) is 18.0. The number of rotatable bonds is 7. The lowest BCUT2D eigenvalue weighted by Crippen LogP contribution is -2.34. The molecule has 1 saturated heterocycles. The number of pyridine rings is 1. The molecule has 160 valence electrons.